The van der Waals surface area contributed by atoms with Crippen LogP contribution in [0.1, 0.15) is 28.8 Å². The minimum atomic E-state index is -0.323. The van der Waals surface area contributed by atoms with E-state index >= 15 is 0 Å². The van der Waals surface area contributed by atoms with E-state index in [2.05, 4.69) is 30.3 Å². The molecule has 1 atom stereocenters. The summed E-state index contributed by atoms with van der Waals surface area (Å²) < 4.78 is 5.60. The maximum absolute atomic E-state index is 13.0. The van der Waals surface area contributed by atoms with Crippen molar-refractivity contribution in [2.45, 2.75) is 19.3 Å². The molecule has 0 aliphatic carbocycles. The minimum absolute atomic E-state index is 0.0365. The van der Waals surface area contributed by atoms with Gasteiger partial charge in [0, 0.05) is 25.1 Å². The average molecular weight is 400 g/mol. The van der Waals surface area contributed by atoms with Gasteiger partial charge in [-0.1, -0.05) is 24.3 Å². The first kappa shape index (κ1) is 18.7. The Kier molecular flexibility index (Phi) is 4.66. The topological polar surface area (TPSA) is 72.6 Å². The molecule has 0 radical (unpaired) electrons. The lowest BCUT2D eigenvalue weighted by Gasteiger charge is -2.31. The first-order chi connectivity index (χ1) is 14.6. The highest BCUT2D eigenvalue weighted by Gasteiger charge is 2.27. The van der Waals surface area contributed by atoms with Gasteiger partial charge in [-0.3, -0.25) is 9.59 Å². The molecular weight excluding hydrogens is 376 g/mol. The number of nitrogens with two attached hydrogens (primary N) is 1. The predicted molar refractivity (Wildman–Crippen MR) is 116 cm³/mol. The van der Waals surface area contributed by atoms with Crippen molar-refractivity contribution in [3.8, 4) is 16.9 Å². The standard InChI is InChI=1S/C25H24N2O3/c26-24(28)22-2-1-10-27(15-22)25(29)21-6-5-17-12-16(3-4-18(17)14-21)19-7-8-23-20(13-19)9-11-30-23/h3-8,12-14,22H,1-2,9-11,15H2,(H2,26,28). The lowest BCUT2D eigenvalue weighted by Crippen LogP contribution is -2.44. The van der Waals surface area contributed by atoms with Crippen molar-refractivity contribution < 1.29 is 14.3 Å². The summed E-state index contributed by atoms with van der Waals surface area (Å²) in [5, 5.41) is 2.12. The predicted octanol–water partition coefficient (Wildman–Crippen LogP) is 3.78. The van der Waals surface area contributed by atoms with Crippen LogP contribution in [0.25, 0.3) is 21.9 Å². The lowest BCUT2D eigenvalue weighted by molar-refractivity contribution is -0.123. The van der Waals surface area contributed by atoms with Gasteiger partial charge in [-0.25, -0.2) is 0 Å². The first-order valence-corrected chi connectivity index (χ1v) is 10.5. The molecule has 2 heterocycles. The van der Waals surface area contributed by atoms with E-state index in [1.165, 1.54) is 11.1 Å². The fourth-order valence-corrected chi connectivity index (χ4v) is 4.50. The van der Waals surface area contributed by atoms with E-state index in [1.807, 2.05) is 24.3 Å². The monoisotopic (exact) mass is 400 g/mol. The second kappa shape index (κ2) is 7.48. The van der Waals surface area contributed by atoms with Crippen molar-refractivity contribution in [2.75, 3.05) is 19.7 Å². The molecule has 5 rings (SSSR count). The summed E-state index contributed by atoms with van der Waals surface area (Å²) in [6.07, 6.45) is 2.52. The quantitative estimate of drug-likeness (QED) is 0.727. The zero-order valence-electron chi connectivity index (χ0n) is 16.8. The van der Waals surface area contributed by atoms with Gasteiger partial charge >= 0.3 is 0 Å². The van der Waals surface area contributed by atoms with E-state index in [9.17, 15) is 9.59 Å². The summed E-state index contributed by atoms with van der Waals surface area (Å²) in [6, 6.07) is 18.5. The van der Waals surface area contributed by atoms with Crippen molar-refractivity contribution in [3.05, 3.63) is 65.7 Å². The van der Waals surface area contributed by atoms with E-state index in [1.54, 1.807) is 4.90 Å². The maximum Gasteiger partial charge on any atom is 0.253 e. The normalized spacial score (nSPS) is 18.1. The number of ether oxygens (including phenoxy) is 1. The number of likely N-dealkylation sites (tertiary alicyclic amines) is 1. The van der Waals surface area contributed by atoms with Crippen LogP contribution in [0.3, 0.4) is 0 Å². The molecule has 2 aliphatic heterocycles. The van der Waals surface area contributed by atoms with Gasteiger partial charge in [0.25, 0.3) is 5.91 Å². The van der Waals surface area contributed by atoms with Gasteiger partial charge in [-0.05, 0) is 70.6 Å². The Bertz CT molecular complexity index is 1150. The second-order valence-electron chi connectivity index (χ2n) is 8.19. The van der Waals surface area contributed by atoms with Gasteiger partial charge in [0.15, 0.2) is 0 Å². The Labute approximate surface area is 175 Å². The smallest absolute Gasteiger partial charge is 0.253 e. The summed E-state index contributed by atoms with van der Waals surface area (Å²) in [7, 11) is 0. The number of carbonyl (C=O) groups excluding carboxylic acids is 2. The highest BCUT2D eigenvalue weighted by Crippen LogP contribution is 2.32. The maximum atomic E-state index is 13.0. The van der Waals surface area contributed by atoms with Crippen molar-refractivity contribution in [3.63, 3.8) is 0 Å². The molecule has 2 amide bonds. The number of nitrogens with zero attached hydrogens (tertiary/aromatic N) is 1. The molecule has 1 unspecified atom stereocenters. The Hall–Kier alpha value is -3.34. The third kappa shape index (κ3) is 3.41. The molecule has 1 fully saturated rings. The summed E-state index contributed by atoms with van der Waals surface area (Å²) in [5.41, 5.74) is 9.68. The molecule has 0 saturated carbocycles. The zero-order valence-corrected chi connectivity index (χ0v) is 16.8. The Morgan fingerprint density at radius 2 is 1.73 bits per heavy atom. The van der Waals surface area contributed by atoms with Crippen LogP contribution in [0.4, 0.5) is 0 Å². The van der Waals surface area contributed by atoms with Crippen molar-refractivity contribution >= 4 is 22.6 Å². The zero-order chi connectivity index (χ0) is 20.7. The number of fused-ring (bicyclic) bond motifs is 2. The molecule has 2 N–H and O–H groups in total. The van der Waals surface area contributed by atoms with Crippen LogP contribution in [0.2, 0.25) is 0 Å². The third-order valence-corrected chi connectivity index (χ3v) is 6.22. The lowest BCUT2D eigenvalue weighted by atomic mass is 9.96. The average Bonchev–Trinajstić information content (AvgIpc) is 3.26. The molecule has 152 valence electrons. The number of amides is 2. The highest BCUT2D eigenvalue weighted by atomic mass is 16.5. The van der Waals surface area contributed by atoms with E-state index in [-0.39, 0.29) is 17.7 Å². The number of rotatable bonds is 3. The van der Waals surface area contributed by atoms with E-state index in [0.29, 0.717) is 18.7 Å². The number of hydrogen-bond acceptors (Lipinski definition) is 3. The van der Waals surface area contributed by atoms with Crippen LogP contribution in [0.5, 0.6) is 5.75 Å². The highest BCUT2D eigenvalue weighted by molar-refractivity contribution is 5.99. The molecule has 0 spiro atoms. The van der Waals surface area contributed by atoms with Crippen LogP contribution in [0, 0.1) is 5.92 Å². The van der Waals surface area contributed by atoms with Gasteiger partial charge < -0.3 is 15.4 Å². The first-order valence-electron chi connectivity index (χ1n) is 10.5. The molecular formula is C25H24N2O3. The van der Waals surface area contributed by atoms with Gasteiger partial charge in [0.05, 0.1) is 12.5 Å². The molecule has 3 aromatic rings. The largest absolute Gasteiger partial charge is 0.493 e. The van der Waals surface area contributed by atoms with Crippen LogP contribution in [-0.4, -0.2) is 36.4 Å². The van der Waals surface area contributed by atoms with Gasteiger partial charge in [-0.15, -0.1) is 0 Å². The third-order valence-electron chi connectivity index (χ3n) is 6.22. The molecule has 5 heteroatoms. The summed E-state index contributed by atoms with van der Waals surface area (Å²) in [6.45, 7) is 1.83. The Morgan fingerprint density at radius 3 is 2.60 bits per heavy atom. The van der Waals surface area contributed by atoms with E-state index < -0.39 is 0 Å². The van der Waals surface area contributed by atoms with E-state index in [4.69, 9.17) is 10.5 Å². The van der Waals surface area contributed by atoms with Gasteiger partial charge in [0.1, 0.15) is 5.75 Å². The summed E-state index contributed by atoms with van der Waals surface area (Å²) in [5.74, 6) is 0.379. The summed E-state index contributed by atoms with van der Waals surface area (Å²) >= 11 is 0. The number of benzene rings is 3. The second-order valence-corrected chi connectivity index (χ2v) is 8.19. The SMILES string of the molecule is NC(=O)C1CCCN(C(=O)c2ccc3cc(-c4ccc5c(c4)CCO5)ccc3c2)C1. The summed E-state index contributed by atoms with van der Waals surface area (Å²) in [4.78, 5) is 26.2. The fourth-order valence-electron chi connectivity index (χ4n) is 4.50. The molecule has 30 heavy (non-hydrogen) atoms. The molecule has 2 aliphatic rings. The van der Waals surface area contributed by atoms with Gasteiger partial charge in [-0.2, -0.15) is 0 Å². The molecule has 0 bridgehead atoms. The number of carbonyl (C=O) groups is 2. The molecule has 5 nitrogen and oxygen atoms in total. The van der Waals surface area contributed by atoms with Crippen LogP contribution >= 0.6 is 0 Å². The van der Waals surface area contributed by atoms with Crippen molar-refractivity contribution in [1.29, 1.82) is 0 Å². The van der Waals surface area contributed by atoms with Crippen molar-refractivity contribution in [2.24, 2.45) is 11.7 Å². The molecule has 1 saturated heterocycles. The van der Waals surface area contributed by atoms with Crippen LogP contribution in [0.15, 0.2) is 54.6 Å². The van der Waals surface area contributed by atoms with Crippen molar-refractivity contribution in [1.82, 2.24) is 4.90 Å². The van der Waals surface area contributed by atoms with Gasteiger partial charge in [0.2, 0.25) is 5.91 Å². The minimum Gasteiger partial charge on any atom is -0.493 e. The van der Waals surface area contributed by atoms with Crippen LogP contribution in [-0.2, 0) is 11.2 Å². The Balaban J connectivity index is 1.41. The number of hydrogen-bond donors (Lipinski definition) is 1. The van der Waals surface area contributed by atoms with E-state index in [0.717, 1.165) is 48.0 Å². The number of piperidine rings is 1. The molecule has 3 aromatic carbocycles. The fraction of sp³-hybridized carbons (Fsp3) is 0.280. The van der Waals surface area contributed by atoms with Crippen LogP contribution < -0.4 is 10.5 Å². The molecule has 0 aromatic heterocycles. The Morgan fingerprint density at radius 1 is 0.967 bits per heavy atom. The number of primary amides is 1.